The second kappa shape index (κ2) is 3.14. The molecule has 68 valence electrons. The lowest BCUT2D eigenvalue weighted by molar-refractivity contribution is 0.109. The molecule has 1 aromatic carbocycles. The normalized spacial score (nSPS) is 9.54. The Labute approximate surface area is 72.9 Å². The van der Waals surface area contributed by atoms with E-state index in [1.807, 2.05) is 0 Å². The lowest BCUT2D eigenvalue weighted by Gasteiger charge is -2.04. The van der Waals surface area contributed by atoms with Gasteiger partial charge in [0.1, 0.15) is 0 Å². The maximum absolute atomic E-state index is 10.4. The van der Waals surface area contributed by atoms with Crippen LogP contribution in [0.4, 0.5) is 0 Å². The van der Waals surface area contributed by atoms with Gasteiger partial charge in [-0.2, -0.15) is 0 Å². The third kappa shape index (κ3) is 1.31. The minimum atomic E-state index is -0.812. The predicted molar refractivity (Wildman–Crippen MR) is 42.2 cm³/mol. The Balaban J connectivity index is 3.56. The van der Waals surface area contributed by atoms with E-state index in [1.165, 1.54) is 0 Å². The number of benzene rings is 1. The van der Waals surface area contributed by atoms with Crippen LogP contribution in [0.1, 0.15) is 20.7 Å². The summed E-state index contributed by atoms with van der Waals surface area (Å²) < 4.78 is 0. The molecule has 13 heavy (non-hydrogen) atoms. The fourth-order valence-electron chi connectivity index (χ4n) is 0.900. The van der Waals surface area contributed by atoms with Crippen LogP contribution in [-0.4, -0.2) is 27.9 Å². The van der Waals surface area contributed by atoms with Gasteiger partial charge in [-0.15, -0.1) is 0 Å². The van der Waals surface area contributed by atoms with Gasteiger partial charge in [0.2, 0.25) is 5.75 Å². The SMILES string of the molecule is O=Cc1cc(O)c(O)c(O)c1C=O. The van der Waals surface area contributed by atoms with Crippen molar-refractivity contribution in [1.82, 2.24) is 0 Å². The first-order valence-corrected chi connectivity index (χ1v) is 3.30. The number of phenols is 3. The summed E-state index contributed by atoms with van der Waals surface area (Å²) in [6, 6.07) is 0.895. The number of hydrogen-bond donors (Lipinski definition) is 3. The molecular weight excluding hydrogens is 176 g/mol. The fraction of sp³-hybridized carbons (Fsp3) is 0. The number of aromatic hydroxyl groups is 3. The molecule has 0 spiro atoms. The smallest absolute Gasteiger partial charge is 0.201 e. The molecule has 3 N–H and O–H groups in total. The molecule has 5 nitrogen and oxygen atoms in total. The van der Waals surface area contributed by atoms with Crippen LogP contribution in [0, 0.1) is 0 Å². The van der Waals surface area contributed by atoms with Crippen LogP contribution >= 0.6 is 0 Å². The van der Waals surface area contributed by atoms with Crippen LogP contribution in [0.2, 0.25) is 0 Å². The van der Waals surface area contributed by atoms with Crippen molar-refractivity contribution < 1.29 is 24.9 Å². The van der Waals surface area contributed by atoms with Gasteiger partial charge in [-0.25, -0.2) is 0 Å². The summed E-state index contributed by atoms with van der Waals surface area (Å²) in [5, 5.41) is 27.0. The molecule has 0 radical (unpaired) electrons. The molecule has 0 aromatic heterocycles. The Hall–Kier alpha value is -2.04. The lowest BCUT2D eigenvalue weighted by atomic mass is 10.1. The Morgan fingerprint density at radius 3 is 2.08 bits per heavy atom. The van der Waals surface area contributed by atoms with Crippen molar-refractivity contribution in [3.63, 3.8) is 0 Å². The summed E-state index contributed by atoms with van der Waals surface area (Å²) in [6.45, 7) is 0. The van der Waals surface area contributed by atoms with Crippen molar-refractivity contribution in [2.24, 2.45) is 0 Å². The number of aldehydes is 2. The van der Waals surface area contributed by atoms with Crippen molar-refractivity contribution in [1.29, 1.82) is 0 Å². The Morgan fingerprint density at radius 2 is 1.62 bits per heavy atom. The molecule has 1 aromatic rings. The molecular formula is C8H6O5. The molecule has 0 aliphatic rings. The van der Waals surface area contributed by atoms with Gasteiger partial charge in [0, 0.05) is 5.56 Å². The second-order valence-corrected chi connectivity index (χ2v) is 2.33. The van der Waals surface area contributed by atoms with Gasteiger partial charge in [-0.3, -0.25) is 9.59 Å². The summed E-state index contributed by atoms with van der Waals surface area (Å²) in [5.41, 5.74) is -0.520. The maximum Gasteiger partial charge on any atom is 0.201 e. The van der Waals surface area contributed by atoms with Crippen LogP contribution in [0.3, 0.4) is 0 Å². The van der Waals surface area contributed by atoms with Crippen molar-refractivity contribution in [3.8, 4) is 17.2 Å². The molecule has 0 atom stereocenters. The Kier molecular flexibility index (Phi) is 2.19. The van der Waals surface area contributed by atoms with Gasteiger partial charge < -0.3 is 15.3 Å². The maximum atomic E-state index is 10.4. The summed E-state index contributed by atoms with van der Waals surface area (Å²) in [7, 11) is 0. The van der Waals surface area contributed by atoms with Crippen LogP contribution in [0.25, 0.3) is 0 Å². The van der Waals surface area contributed by atoms with Crippen molar-refractivity contribution in [2.75, 3.05) is 0 Å². The molecule has 0 bridgehead atoms. The quantitative estimate of drug-likeness (QED) is 0.455. The molecule has 0 saturated carbocycles. The van der Waals surface area contributed by atoms with E-state index >= 15 is 0 Å². The van der Waals surface area contributed by atoms with Gasteiger partial charge in [0.15, 0.2) is 24.1 Å². The largest absolute Gasteiger partial charge is 0.504 e. The first-order chi connectivity index (χ1) is 6.11. The van der Waals surface area contributed by atoms with E-state index in [-0.39, 0.29) is 17.4 Å². The number of hydrogen-bond acceptors (Lipinski definition) is 5. The molecule has 0 aliphatic carbocycles. The first-order valence-electron chi connectivity index (χ1n) is 3.30. The zero-order chi connectivity index (χ0) is 10.0. The van der Waals surface area contributed by atoms with E-state index in [2.05, 4.69) is 0 Å². The second-order valence-electron chi connectivity index (χ2n) is 2.33. The fourth-order valence-corrected chi connectivity index (χ4v) is 0.900. The average Bonchev–Trinajstić information content (AvgIpc) is 2.13. The first kappa shape index (κ1) is 9.05. The van der Waals surface area contributed by atoms with Gasteiger partial charge in [0.05, 0.1) is 5.56 Å². The van der Waals surface area contributed by atoms with Gasteiger partial charge in [-0.1, -0.05) is 0 Å². The van der Waals surface area contributed by atoms with Crippen LogP contribution in [0.5, 0.6) is 17.2 Å². The van der Waals surface area contributed by atoms with Gasteiger partial charge in [0.25, 0.3) is 0 Å². The highest BCUT2D eigenvalue weighted by Gasteiger charge is 2.15. The van der Waals surface area contributed by atoms with Crippen LogP contribution in [-0.2, 0) is 0 Å². The molecule has 0 fully saturated rings. The van der Waals surface area contributed by atoms with E-state index in [0.29, 0.717) is 6.29 Å². The highest BCUT2D eigenvalue weighted by Crippen LogP contribution is 2.38. The zero-order valence-electron chi connectivity index (χ0n) is 6.39. The third-order valence-electron chi connectivity index (χ3n) is 1.57. The zero-order valence-corrected chi connectivity index (χ0v) is 6.39. The standard InChI is InChI=1S/C8H6O5/c9-2-4-1-6(11)8(13)7(12)5(4)3-10/h1-3,11-13H. The van der Waals surface area contributed by atoms with E-state index < -0.39 is 17.2 Å². The Morgan fingerprint density at radius 1 is 1.00 bits per heavy atom. The molecule has 0 saturated heterocycles. The average molecular weight is 182 g/mol. The minimum absolute atomic E-state index is 0.178. The highest BCUT2D eigenvalue weighted by molar-refractivity contribution is 5.94. The van der Waals surface area contributed by atoms with Gasteiger partial charge in [-0.05, 0) is 6.07 Å². The monoisotopic (exact) mass is 182 g/mol. The summed E-state index contributed by atoms with van der Waals surface area (Å²) in [6.07, 6.45) is 0.515. The minimum Gasteiger partial charge on any atom is -0.504 e. The van der Waals surface area contributed by atoms with E-state index in [0.717, 1.165) is 6.07 Å². The van der Waals surface area contributed by atoms with Crippen LogP contribution in [0.15, 0.2) is 6.07 Å². The summed E-state index contributed by atoms with van der Waals surface area (Å²) >= 11 is 0. The van der Waals surface area contributed by atoms with Crippen molar-refractivity contribution >= 4 is 12.6 Å². The lowest BCUT2D eigenvalue weighted by Crippen LogP contribution is -1.91. The number of rotatable bonds is 2. The van der Waals surface area contributed by atoms with Crippen molar-refractivity contribution in [2.45, 2.75) is 0 Å². The van der Waals surface area contributed by atoms with E-state index in [4.69, 9.17) is 15.3 Å². The highest BCUT2D eigenvalue weighted by atomic mass is 16.3. The van der Waals surface area contributed by atoms with Crippen LogP contribution < -0.4 is 0 Å². The molecule has 0 amide bonds. The van der Waals surface area contributed by atoms with E-state index in [1.54, 1.807) is 0 Å². The summed E-state index contributed by atoms with van der Waals surface area (Å²) in [5.74, 6) is -2.25. The molecule has 0 heterocycles. The number of carbonyl (C=O) groups is 2. The number of phenolic OH excluding ortho intramolecular Hbond substituents is 3. The summed E-state index contributed by atoms with van der Waals surface area (Å²) in [4.78, 5) is 20.7. The molecule has 1 rings (SSSR count). The molecule has 0 unspecified atom stereocenters. The topological polar surface area (TPSA) is 94.8 Å². The Bertz CT molecular complexity index is 369. The number of carbonyl (C=O) groups excluding carboxylic acids is 2. The molecule has 0 aliphatic heterocycles. The predicted octanol–water partition coefficient (Wildman–Crippen LogP) is 0.428. The van der Waals surface area contributed by atoms with Gasteiger partial charge >= 0.3 is 0 Å². The molecule has 5 heteroatoms. The van der Waals surface area contributed by atoms with E-state index in [9.17, 15) is 9.59 Å². The van der Waals surface area contributed by atoms with Crippen molar-refractivity contribution in [3.05, 3.63) is 17.2 Å². The third-order valence-corrected chi connectivity index (χ3v) is 1.57.